The molecular weight excluding hydrogens is 401 g/mol. The Bertz CT molecular complexity index is 1060. The molecule has 166 valence electrons. The van der Waals surface area contributed by atoms with E-state index in [0.717, 1.165) is 55.7 Å². The fourth-order valence-electron chi connectivity index (χ4n) is 5.05. The van der Waals surface area contributed by atoms with Crippen molar-refractivity contribution in [2.75, 3.05) is 19.6 Å². The van der Waals surface area contributed by atoms with Gasteiger partial charge in [0, 0.05) is 55.6 Å². The molecular formula is C27H30FN3O. The molecule has 1 aliphatic carbocycles. The van der Waals surface area contributed by atoms with Crippen LogP contribution < -0.4 is 0 Å². The zero-order chi connectivity index (χ0) is 22.1. The summed E-state index contributed by atoms with van der Waals surface area (Å²) in [6, 6.07) is 19.3. The van der Waals surface area contributed by atoms with Gasteiger partial charge in [-0.3, -0.25) is 9.69 Å². The summed E-state index contributed by atoms with van der Waals surface area (Å²) >= 11 is 0. The van der Waals surface area contributed by atoms with Gasteiger partial charge in [-0.15, -0.1) is 0 Å². The van der Waals surface area contributed by atoms with E-state index >= 15 is 0 Å². The molecule has 1 aromatic heterocycles. The van der Waals surface area contributed by atoms with E-state index in [1.165, 1.54) is 5.69 Å². The maximum atomic E-state index is 13.6. The number of halogens is 1. The van der Waals surface area contributed by atoms with Gasteiger partial charge in [-0.05, 0) is 67.6 Å². The molecule has 1 saturated carbocycles. The molecule has 1 aliphatic heterocycles. The van der Waals surface area contributed by atoms with Crippen molar-refractivity contribution < 1.29 is 9.18 Å². The summed E-state index contributed by atoms with van der Waals surface area (Å²) in [4.78, 5) is 21.3. The van der Waals surface area contributed by atoms with E-state index < -0.39 is 0 Å². The molecule has 2 unspecified atom stereocenters. The summed E-state index contributed by atoms with van der Waals surface area (Å²) in [5, 5.41) is 0. The quantitative estimate of drug-likeness (QED) is 0.573. The highest BCUT2D eigenvalue weighted by Crippen LogP contribution is 2.37. The predicted molar refractivity (Wildman–Crippen MR) is 124 cm³/mol. The summed E-state index contributed by atoms with van der Waals surface area (Å²) in [6.45, 7) is 5.45. The van der Waals surface area contributed by atoms with Crippen molar-refractivity contribution in [2.45, 2.75) is 38.3 Å². The van der Waals surface area contributed by atoms with E-state index in [4.69, 9.17) is 0 Å². The Morgan fingerprint density at radius 1 is 1.09 bits per heavy atom. The van der Waals surface area contributed by atoms with E-state index in [0.29, 0.717) is 12.0 Å². The van der Waals surface area contributed by atoms with Gasteiger partial charge in [0.05, 0.1) is 0 Å². The van der Waals surface area contributed by atoms with Crippen molar-refractivity contribution in [1.29, 1.82) is 0 Å². The minimum atomic E-state index is -0.208. The molecule has 1 amide bonds. The van der Waals surface area contributed by atoms with Crippen molar-refractivity contribution >= 4 is 5.91 Å². The number of carbonyl (C=O) groups excluding carboxylic acids is 1. The number of nitrogens with zero attached hydrogens (tertiary/aromatic N) is 2. The first-order chi connectivity index (χ1) is 15.6. The van der Waals surface area contributed by atoms with Crippen molar-refractivity contribution in [2.24, 2.45) is 5.92 Å². The largest absolute Gasteiger partial charge is 0.364 e. The monoisotopic (exact) mass is 431 g/mol. The molecule has 0 bridgehead atoms. The molecule has 0 radical (unpaired) electrons. The Morgan fingerprint density at radius 2 is 1.91 bits per heavy atom. The van der Waals surface area contributed by atoms with E-state index in [2.05, 4.69) is 20.9 Å². The average molecular weight is 432 g/mol. The number of hydrogen-bond donors (Lipinski definition) is 1. The second-order valence-electron chi connectivity index (χ2n) is 9.37. The third kappa shape index (κ3) is 4.63. The lowest BCUT2D eigenvalue weighted by Gasteiger charge is -2.29. The number of H-pyrrole nitrogens is 1. The van der Waals surface area contributed by atoms with Gasteiger partial charge in [0.25, 0.3) is 5.91 Å². The van der Waals surface area contributed by atoms with Crippen LogP contribution in [0.1, 0.15) is 45.9 Å². The molecule has 5 rings (SSSR count). The van der Waals surface area contributed by atoms with Crippen molar-refractivity contribution in [3.05, 3.63) is 95.1 Å². The first kappa shape index (κ1) is 21.0. The van der Waals surface area contributed by atoms with E-state index in [9.17, 15) is 9.18 Å². The van der Waals surface area contributed by atoms with Gasteiger partial charge in [-0.1, -0.05) is 29.8 Å². The number of nitrogens with one attached hydrogen (secondary N) is 1. The topological polar surface area (TPSA) is 39.3 Å². The summed E-state index contributed by atoms with van der Waals surface area (Å²) in [7, 11) is 0. The molecule has 4 nitrogen and oxygen atoms in total. The van der Waals surface area contributed by atoms with Crippen LogP contribution in [0.15, 0.2) is 66.9 Å². The Hall–Kier alpha value is -2.92. The van der Waals surface area contributed by atoms with Gasteiger partial charge >= 0.3 is 0 Å². The first-order valence-electron chi connectivity index (χ1n) is 11.5. The third-order valence-corrected chi connectivity index (χ3v) is 6.82. The summed E-state index contributed by atoms with van der Waals surface area (Å²) < 4.78 is 13.6. The van der Waals surface area contributed by atoms with Crippen molar-refractivity contribution in [3.8, 4) is 0 Å². The number of aromatic nitrogens is 1. The molecule has 5 heteroatoms. The van der Waals surface area contributed by atoms with Crippen LogP contribution >= 0.6 is 0 Å². The lowest BCUT2D eigenvalue weighted by molar-refractivity contribution is 0.0710. The van der Waals surface area contributed by atoms with Gasteiger partial charge in [-0.25, -0.2) is 4.39 Å². The lowest BCUT2D eigenvalue weighted by Crippen LogP contribution is -2.39. The highest BCUT2D eigenvalue weighted by molar-refractivity contribution is 5.94. The minimum Gasteiger partial charge on any atom is -0.364 e. The van der Waals surface area contributed by atoms with Crippen LogP contribution in [-0.4, -0.2) is 46.4 Å². The molecule has 1 N–H and O–H groups in total. The molecule has 32 heavy (non-hydrogen) atoms. The van der Waals surface area contributed by atoms with Gasteiger partial charge in [0.2, 0.25) is 0 Å². The third-order valence-electron chi connectivity index (χ3n) is 6.82. The van der Waals surface area contributed by atoms with Crippen molar-refractivity contribution in [3.63, 3.8) is 0 Å². The van der Waals surface area contributed by atoms with Crippen LogP contribution in [0, 0.1) is 18.7 Å². The highest BCUT2D eigenvalue weighted by atomic mass is 19.1. The Kier molecular flexibility index (Phi) is 5.83. The summed E-state index contributed by atoms with van der Waals surface area (Å²) in [5.41, 5.74) is 4.23. The van der Waals surface area contributed by atoms with Crippen LogP contribution in [0.2, 0.25) is 0 Å². The number of aromatic amines is 1. The highest BCUT2D eigenvalue weighted by Gasteiger charge is 2.40. The molecule has 2 fully saturated rings. The molecule has 1 saturated heterocycles. The van der Waals surface area contributed by atoms with Crippen LogP contribution in [0.25, 0.3) is 0 Å². The fourth-order valence-corrected chi connectivity index (χ4v) is 5.05. The minimum absolute atomic E-state index is 0.136. The van der Waals surface area contributed by atoms with Gasteiger partial charge in [0.15, 0.2) is 0 Å². The second-order valence-corrected chi connectivity index (χ2v) is 9.37. The van der Waals surface area contributed by atoms with Gasteiger partial charge in [0.1, 0.15) is 5.82 Å². The molecule has 2 aromatic carbocycles. The van der Waals surface area contributed by atoms with Crippen LogP contribution in [0.3, 0.4) is 0 Å². The lowest BCUT2D eigenvalue weighted by atomic mass is 9.88. The van der Waals surface area contributed by atoms with E-state index in [-0.39, 0.29) is 17.6 Å². The number of aryl methyl sites for hydroxylation is 1. The number of amides is 1. The molecule has 2 heterocycles. The van der Waals surface area contributed by atoms with Crippen molar-refractivity contribution in [1.82, 2.24) is 14.8 Å². The average Bonchev–Trinajstić information content (AvgIpc) is 3.36. The van der Waals surface area contributed by atoms with Crippen LogP contribution in [-0.2, 0) is 6.54 Å². The number of rotatable bonds is 7. The van der Waals surface area contributed by atoms with Crippen LogP contribution in [0.4, 0.5) is 4.39 Å². The maximum absolute atomic E-state index is 13.6. The normalized spacial score (nSPS) is 21.1. The molecule has 2 atom stereocenters. The number of carbonyl (C=O) groups is 1. The van der Waals surface area contributed by atoms with E-state index in [1.54, 1.807) is 12.1 Å². The molecule has 2 aliphatic rings. The van der Waals surface area contributed by atoms with Gasteiger partial charge in [-0.2, -0.15) is 0 Å². The zero-order valence-electron chi connectivity index (χ0n) is 18.5. The molecule has 0 spiro atoms. The van der Waals surface area contributed by atoms with Gasteiger partial charge < -0.3 is 9.88 Å². The first-order valence-corrected chi connectivity index (χ1v) is 11.5. The fraction of sp³-hybridized carbons (Fsp3) is 0.370. The number of hydrogen-bond acceptors (Lipinski definition) is 2. The van der Waals surface area contributed by atoms with Crippen LogP contribution in [0.5, 0.6) is 0 Å². The second kappa shape index (κ2) is 8.91. The standard InChI is InChI=1S/C27H30FN3O/c1-19-4-2-5-21(14-19)27(32)31(25-11-12-25)16-22-15-30(17-24-6-3-13-29-24)18-26(22)20-7-9-23(28)10-8-20/h2-10,13-14,22,25-26,29H,11-12,15-18H2,1H3. The zero-order valence-corrected chi connectivity index (χ0v) is 18.5. The Labute approximate surface area is 189 Å². The summed E-state index contributed by atoms with van der Waals surface area (Å²) in [6.07, 6.45) is 4.12. The Morgan fingerprint density at radius 3 is 2.59 bits per heavy atom. The Balaban J connectivity index is 1.38. The number of likely N-dealkylation sites (tertiary alicyclic amines) is 1. The maximum Gasteiger partial charge on any atom is 0.254 e. The number of benzene rings is 2. The van der Waals surface area contributed by atoms with E-state index in [1.807, 2.05) is 55.6 Å². The predicted octanol–water partition coefficient (Wildman–Crippen LogP) is 4.98. The molecule has 3 aromatic rings. The SMILES string of the molecule is Cc1cccc(C(=O)N(CC2CN(Cc3ccc[nH]3)CC2c2ccc(F)cc2)C2CC2)c1. The summed E-state index contributed by atoms with van der Waals surface area (Å²) in [5.74, 6) is 0.513. The smallest absolute Gasteiger partial charge is 0.254 e.